The smallest absolute Gasteiger partial charge is 0.106 e. The zero-order valence-electron chi connectivity index (χ0n) is 22.9. The van der Waals surface area contributed by atoms with Crippen molar-refractivity contribution in [2.75, 3.05) is 0 Å². The second-order valence-corrected chi connectivity index (χ2v) is 17.8. The van der Waals surface area contributed by atoms with Gasteiger partial charge >= 0.3 is 0 Å². The highest BCUT2D eigenvalue weighted by Gasteiger charge is 2.33. The highest BCUT2D eigenvalue weighted by Crippen LogP contribution is 2.17. The van der Waals surface area contributed by atoms with Crippen LogP contribution in [0.5, 0.6) is 0 Å². The van der Waals surface area contributed by atoms with Gasteiger partial charge in [0.1, 0.15) is 0 Å². The minimum absolute atomic E-state index is 1.25. The van der Waals surface area contributed by atoms with Crippen molar-refractivity contribution in [2.24, 2.45) is 0 Å². The Labute approximate surface area is 239 Å². The van der Waals surface area contributed by atoms with E-state index in [4.69, 9.17) is 0 Å². The maximum Gasteiger partial charge on any atom is 0.198 e. The maximum atomic E-state index is 3.77. The number of benzene rings is 6. The Hall–Kier alpha value is -4.61. The molecule has 0 nitrogen and oxygen atoms in total. The van der Waals surface area contributed by atoms with E-state index in [1.807, 2.05) is 0 Å². The van der Waals surface area contributed by atoms with Crippen LogP contribution in [0.4, 0.5) is 0 Å². The molecular weight excluding hydrogens is 513 g/mol. The van der Waals surface area contributed by atoms with E-state index in [-0.39, 0.29) is 0 Å². The summed E-state index contributed by atoms with van der Waals surface area (Å²) in [5, 5.41) is 10.3. The van der Waals surface area contributed by atoms with Gasteiger partial charge in [0.2, 0.25) is 0 Å². The molecule has 0 aliphatic heterocycles. The first-order valence-electron chi connectivity index (χ1n) is 13.7. The molecule has 0 saturated carbocycles. The second kappa shape index (κ2) is 10.9. The molecule has 0 N–H and O–H groups in total. The Kier molecular flexibility index (Phi) is 6.97. The Morgan fingerprint density at radius 3 is 1.15 bits per heavy atom. The summed E-state index contributed by atoms with van der Waals surface area (Å²) in [4.78, 5) is 0. The fourth-order valence-corrected chi connectivity index (χ4v) is 11.7. The van der Waals surface area contributed by atoms with E-state index in [1.54, 1.807) is 0 Å². The molecule has 2 heteroatoms. The summed E-state index contributed by atoms with van der Waals surface area (Å²) in [6.07, 6.45) is 0. The van der Waals surface area contributed by atoms with Gasteiger partial charge in [0, 0.05) is 0 Å². The van der Waals surface area contributed by atoms with Crippen molar-refractivity contribution in [3.63, 3.8) is 0 Å². The van der Waals surface area contributed by atoms with Gasteiger partial charge in [-0.15, -0.1) is 11.1 Å². The predicted molar refractivity (Wildman–Crippen MR) is 178 cm³/mol. The quantitative estimate of drug-likeness (QED) is 0.185. The Morgan fingerprint density at radius 1 is 0.375 bits per heavy atom. The molecule has 0 bridgehead atoms. The first-order valence-corrected chi connectivity index (χ1v) is 18.7. The third-order valence-corrected chi connectivity index (χ3v) is 15.3. The summed E-state index contributed by atoms with van der Waals surface area (Å²) in [6, 6.07) is 52.1. The molecule has 0 aliphatic rings. The van der Waals surface area contributed by atoms with Gasteiger partial charge in [-0.3, -0.25) is 0 Å². The number of hydrogen-bond donors (Lipinski definition) is 0. The summed E-state index contributed by atoms with van der Waals surface area (Å²) in [7, 11) is -4.83. The van der Waals surface area contributed by atoms with E-state index < -0.39 is 16.1 Å². The van der Waals surface area contributed by atoms with E-state index in [0.29, 0.717) is 0 Å². The largest absolute Gasteiger partial charge is 0.198 e. The first kappa shape index (κ1) is 25.7. The molecule has 0 fully saturated rings. The van der Waals surface area contributed by atoms with E-state index in [2.05, 4.69) is 182 Å². The highest BCUT2D eigenvalue weighted by atomic mass is 28.3. The minimum atomic E-state index is -2.41. The van der Waals surface area contributed by atoms with E-state index in [0.717, 1.165) is 0 Å². The van der Waals surface area contributed by atoms with Gasteiger partial charge in [0.15, 0.2) is 16.1 Å². The van der Waals surface area contributed by atoms with Crippen LogP contribution in [-0.2, 0) is 0 Å². The Bertz CT molecular complexity index is 1780. The number of fused-ring (bicyclic) bond motifs is 2. The molecule has 0 heterocycles. The highest BCUT2D eigenvalue weighted by molar-refractivity contribution is 7.09. The number of hydrogen-bond acceptors (Lipinski definition) is 0. The molecule has 0 unspecified atom stereocenters. The molecule has 6 aromatic carbocycles. The van der Waals surface area contributed by atoms with Crippen molar-refractivity contribution in [2.45, 2.75) is 13.1 Å². The molecule has 40 heavy (non-hydrogen) atoms. The van der Waals surface area contributed by atoms with Gasteiger partial charge < -0.3 is 0 Å². The lowest BCUT2D eigenvalue weighted by atomic mass is 10.1. The monoisotopic (exact) mass is 542 g/mol. The van der Waals surface area contributed by atoms with E-state index in [9.17, 15) is 0 Å². The van der Waals surface area contributed by atoms with Crippen molar-refractivity contribution in [3.05, 3.63) is 146 Å². The maximum absolute atomic E-state index is 3.77. The molecule has 0 radical (unpaired) electrons. The standard InChI is InChI=1S/C38H30Si2/c1-39(33-21-5-3-6-22-33,37-27-15-19-31-17-9-11-25-35(31)37)29-13-14-30-40(2,34-23-7-4-8-24-34)38-28-16-20-32-18-10-12-26-36(32)38/h3-12,15-28H,1-2H3/t39-,40-/m1/s1. The van der Waals surface area contributed by atoms with Crippen molar-refractivity contribution in [1.82, 2.24) is 0 Å². The predicted octanol–water partition coefficient (Wildman–Crippen LogP) is 6.16. The molecule has 6 rings (SSSR count). The molecule has 190 valence electrons. The van der Waals surface area contributed by atoms with Crippen LogP contribution in [-0.4, -0.2) is 16.1 Å². The summed E-state index contributed by atoms with van der Waals surface area (Å²) in [5.41, 5.74) is 7.54. The summed E-state index contributed by atoms with van der Waals surface area (Å²) < 4.78 is 0. The van der Waals surface area contributed by atoms with Crippen LogP contribution >= 0.6 is 0 Å². The summed E-state index contributed by atoms with van der Waals surface area (Å²) >= 11 is 0. The fraction of sp³-hybridized carbons (Fsp3) is 0.0526. The van der Waals surface area contributed by atoms with Crippen LogP contribution < -0.4 is 20.7 Å². The summed E-state index contributed by atoms with van der Waals surface area (Å²) in [6.45, 7) is 4.72. The zero-order valence-corrected chi connectivity index (χ0v) is 24.9. The van der Waals surface area contributed by atoms with Crippen LogP contribution in [0.25, 0.3) is 21.5 Å². The van der Waals surface area contributed by atoms with Gasteiger partial charge in [-0.05, 0) is 54.1 Å². The molecule has 0 aromatic heterocycles. The van der Waals surface area contributed by atoms with E-state index in [1.165, 1.54) is 42.3 Å². The average molecular weight is 543 g/mol. The molecule has 0 saturated heterocycles. The van der Waals surface area contributed by atoms with Crippen molar-refractivity contribution < 1.29 is 0 Å². The molecule has 0 aliphatic carbocycles. The van der Waals surface area contributed by atoms with Crippen molar-refractivity contribution >= 4 is 58.4 Å². The van der Waals surface area contributed by atoms with Gasteiger partial charge in [-0.2, -0.15) is 0 Å². The SMILES string of the molecule is C[Si@@](C#CC#C[Si@](C)(c1ccccc1)c1cccc2ccccc12)(c1ccccc1)c1cccc2ccccc12. The van der Waals surface area contributed by atoms with Crippen LogP contribution in [0.15, 0.2) is 146 Å². The minimum Gasteiger partial charge on any atom is -0.106 e. The summed E-state index contributed by atoms with van der Waals surface area (Å²) in [5.74, 6) is 6.83. The zero-order chi connectivity index (χ0) is 27.4. The van der Waals surface area contributed by atoms with Crippen LogP contribution in [0.1, 0.15) is 0 Å². The number of rotatable bonds is 4. The third kappa shape index (κ3) is 4.69. The molecule has 2 atom stereocenters. The molecule has 0 amide bonds. The van der Waals surface area contributed by atoms with Gasteiger partial charge in [0.05, 0.1) is 0 Å². The lowest BCUT2D eigenvalue weighted by Crippen LogP contribution is -2.55. The van der Waals surface area contributed by atoms with Crippen LogP contribution in [0.2, 0.25) is 13.1 Å². The lowest BCUT2D eigenvalue weighted by Gasteiger charge is -2.24. The topological polar surface area (TPSA) is 0 Å². The Morgan fingerprint density at radius 2 is 0.725 bits per heavy atom. The van der Waals surface area contributed by atoms with Gasteiger partial charge in [-0.1, -0.05) is 159 Å². The van der Waals surface area contributed by atoms with Gasteiger partial charge in [-0.25, -0.2) is 0 Å². The van der Waals surface area contributed by atoms with Crippen molar-refractivity contribution in [3.8, 4) is 22.9 Å². The lowest BCUT2D eigenvalue weighted by molar-refractivity contribution is 1.72. The van der Waals surface area contributed by atoms with Crippen LogP contribution in [0.3, 0.4) is 0 Å². The Balaban J connectivity index is 1.52. The van der Waals surface area contributed by atoms with Gasteiger partial charge in [0.25, 0.3) is 0 Å². The van der Waals surface area contributed by atoms with Crippen LogP contribution in [0, 0.1) is 22.9 Å². The molecule has 6 aromatic rings. The fourth-order valence-electron chi connectivity index (χ4n) is 5.77. The van der Waals surface area contributed by atoms with Crippen molar-refractivity contribution in [1.29, 1.82) is 0 Å². The normalized spacial score (nSPS) is 13.8. The second-order valence-electron chi connectivity index (χ2n) is 10.5. The molecular formula is C38H30Si2. The molecule has 0 spiro atoms. The average Bonchev–Trinajstić information content (AvgIpc) is 3.03. The van der Waals surface area contributed by atoms with E-state index >= 15 is 0 Å². The first-order chi connectivity index (χ1) is 19.6. The third-order valence-electron chi connectivity index (χ3n) is 8.05.